The fourth-order valence-electron chi connectivity index (χ4n) is 2.71. The van der Waals surface area contributed by atoms with Crippen molar-refractivity contribution in [2.75, 3.05) is 13.6 Å². The van der Waals surface area contributed by atoms with Crippen molar-refractivity contribution in [2.24, 2.45) is 0 Å². The van der Waals surface area contributed by atoms with Gasteiger partial charge in [-0.25, -0.2) is 0 Å². The summed E-state index contributed by atoms with van der Waals surface area (Å²) >= 11 is 5.11. The molecule has 2 aromatic rings. The fraction of sp³-hybridized carbons (Fsp3) is 0.312. The van der Waals surface area contributed by atoms with E-state index in [1.807, 2.05) is 19.2 Å². The van der Waals surface area contributed by atoms with E-state index in [0.29, 0.717) is 6.54 Å². The van der Waals surface area contributed by atoms with Gasteiger partial charge in [-0.15, -0.1) is 11.3 Å². The summed E-state index contributed by atoms with van der Waals surface area (Å²) in [6.45, 7) is 2.44. The Hall–Kier alpha value is -1.17. The second kappa shape index (κ2) is 6.30. The van der Waals surface area contributed by atoms with Gasteiger partial charge in [-0.2, -0.15) is 0 Å². The minimum absolute atomic E-state index is 0.107. The van der Waals surface area contributed by atoms with Crippen LogP contribution in [0, 0.1) is 0 Å². The molecule has 0 saturated heterocycles. The Morgan fingerprint density at radius 3 is 3.10 bits per heavy atom. The summed E-state index contributed by atoms with van der Waals surface area (Å²) in [5, 5.41) is 5.43. The molecule has 1 aliphatic rings. The minimum atomic E-state index is 0.107. The molecular formula is C16H17BrN2OS. The molecule has 3 nitrogen and oxygen atoms in total. The predicted octanol–water partition coefficient (Wildman–Crippen LogP) is 3.43. The SMILES string of the molecule is CN(Cc1csc(Br)c1)C(=O)c1cccc2c1CCNC2. The van der Waals surface area contributed by atoms with Crippen molar-refractivity contribution in [1.82, 2.24) is 10.2 Å². The van der Waals surface area contributed by atoms with Gasteiger partial charge in [0, 0.05) is 25.7 Å². The molecule has 5 heteroatoms. The molecule has 1 aromatic carbocycles. The Kier molecular flexibility index (Phi) is 4.42. The Bertz CT molecular complexity index is 668. The topological polar surface area (TPSA) is 32.3 Å². The lowest BCUT2D eigenvalue weighted by molar-refractivity contribution is 0.0784. The van der Waals surface area contributed by atoms with Crippen LogP contribution in [0.25, 0.3) is 0 Å². The summed E-state index contributed by atoms with van der Waals surface area (Å²) in [7, 11) is 1.87. The number of carbonyl (C=O) groups excluding carboxylic acids is 1. The maximum Gasteiger partial charge on any atom is 0.254 e. The van der Waals surface area contributed by atoms with E-state index in [2.05, 4.69) is 38.8 Å². The van der Waals surface area contributed by atoms with E-state index in [-0.39, 0.29) is 5.91 Å². The van der Waals surface area contributed by atoms with Gasteiger partial charge in [0.25, 0.3) is 5.91 Å². The van der Waals surface area contributed by atoms with Crippen molar-refractivity contribution in [3.05, 3.63) is 55.7 Å². The zero-order valence-electron chi connectivity index (χ0n) is 11.9. The van der Waals surface area contributed by atoms with Crippen LogP contribution in [0.4, 0.5) is 0 Å². The van der Waals surface area contributed by atoms with E-state index in [9.17, 15) is 4.79 Å². The van der Waals surface area contributed by atoms with Gasteiger partial charge < -0.3 is 10.2 Å². The quantitative estimate of drug-likeness (QED) is 0.904. The summed E-state index contributed by atoms with van der Waals surface area (Å²) < 4.78 is 1.10. The van der Waals surface area contributed by atoms with Crippen molar-refractivity contribution >= 4 is 33.2 Å². The third kappa shape index (κ3) is 3.20. The Balaban J connectivity index is 1.81. The lowest BCUT2D eigenvalue weighted by Crippen LogP contribution is -2.30. The zero-order chi connectivity index (χ0) is 14.8. The van der Waals surface area contributed by atoms with Crippen LogP contribution < -0.4 is 5.32 Å². The number of nitrogens with one attached hydrogen (secondary N) is 1. The highest BCUT2D eigenvalue weighted by Gasteiger charge is 2.20. The molecule has 3 rings (SSSR count). The molecule has 0 fully saturated rings. The van der Waals surface area contributed by atoms with Gasteiger partial charge in [0.15, 0.2) is 0 Å². The number of thiophene rings is 1. The number of halogens is 1. The number of nitrogens with zero attached hydrogens (tertiary/aromatic N) is 1. The van der Waals surface area contributed by atoms with E-state index in [0.717, 1.165) is 34.4 Å². The van der Waals surface area contributed by atoms with Crippen LogP contribution in [0.5, 0.6) is 0 Å². The van der Waals surface area contributed by atoms with Gasteiger partial charge in [0.2, 0.25) is 0 Å². The Labute approximate surface area is 137 Å². The highest BCUT2D eigenvalue weighted by Crippen LogP contribution is 2.23. The van der Waals surface area contributed by atoms with Crippen LogP contribution >= 0.6 is 27.3 Å². The normalized spacial score (nSPS) is 13.8. The average molecular weight is 365 g/mol. The first-order valence-electron chi connectivity index (χ1n) is 6.95. The van der Waals surface area contributed by atoms with Crippen LogP contribution in [0.2, 0.25) is 0 Å². The van der Waals surface area contributed by atoms with E-state index >= 15 is 0 Å². The highest BCUT2D eigenvalue weighted by molar-refractivity contribution is 9.11. The number of hydrogen-bond acceptors (Lipinski definition) is 3. The van der Waals surface area contributed by atoms with Gasteiger partial charge >= 0.3 is 0 Å². The van der Waals surface area contributed by atoms with Gasteiger partial charge in [-0.1, -0.05) is 12.1 Å². The maximum atomic E-state index is 12.7. The molecule has 1 amide bonds. The largest absolute Gasteiger partial charge is 0.337 e. The molecule has 0 aliphatic carbocycles. The number of benzene rings is 1. The average Bonchev–Trinajstić information content (AvgIpc) is 2.91. The van der Waals surface area contributed by atoms with Crippen molar-refractivity contribution in [3.63, 3.8) is 0 Å². The van der Waals surface area contributed by atoms with E-state index in [4.69, 9.17) is 0 Å². The Morgan fingerprint density at radius 1 is 1.48 bits per heavy atom. The smallest absolute Gasteiger partial charge is 0.254 e. The molecule has 1 N–H and O–H groups in total. The minimum Gasteiger partial charge on any atom is -0.337 e. The van der Waals surface area contributed by atoms with Crippen LogP contribution in [-0.2, 0) is 19.5 Å². The van der Waals surface area contributed by atoms with Crippen LogP contribution in [0.15, 0.2) is 33.4 Å². The van der Waals surface area contributed by atoms with E-state index in [1.54, 1.807) is 16.2 Å². The van der Waals surface area contributed by atoms with Gasteiger partial charge in [0.1, 0.15) is 0 Å². The van der Waals surface area contributed by atoms with Crippen molar-refractivity contribution < 1.29 is 4.79 Å². The van der Waals surface area contributed by atoms with Crippen LogP contribution in [-0.4, -0.2) is 24.4 Å². The van der Waals surface area contributed by atoms with Gasteiger partial charge in [-0.3, -0.25) is 4.79 Å². The fourth-order valence-corrected chi connectivity index (χ4v) is 3.91. The van der Waals surface area contributed by atoms with Gasteiger partial charge in [-0.05, 0) is 63.1 Å². The summed E-state index contributed by atoms with van der Waals surface area (Å²) in [6, 6.07) is 8.10. The first-order valence-corrected chi connectivity index (χ1v) is 8.62. The molecule has 0 radical (unpaired) electrons. The molecule has 21 heavy (non-hydrogen) atoms. The molecule has 0 bridgehead atoms. The lowest BCUT2D eigenvalue weighted by atomic mass is 9.95. The second-order valence-corrected chi connectivity index (χ2v) is 7.58. The molecule has 0 spiro atoms. The van der Waals surface area contributed by atoms with Gasteiger partial charge in [0.05, 0.1) is 3.79 Å². The molecule has 1 aliphatic heterocycles. The van der Waals surface area contributed by atoms with Crippen molar-refractivity contribution in [2.45, 2.75) is 19.5 Å². The standard InChI is InChI=1S/C16H17BrN2OS/c1-19(9-11-7-15(17)21-10-11)16(20)14-4-2-3-12-8-18-6-5-13(12)14/h2-4,7,10,18H,5-6,8-9H2,1H3. The maximum absolute atomic E-state index is 12.7. The second-order valence-electron chi connectivity index (χ2n) is 5.29. The number of rotatable bonds is 3. The zero-order valence-corrected chi connectivity index (χ0v) is 14.3. The number of hydrogen-bond donors (Lipinski definition) is 1. The monoisotopic (exact) mass is 364 g/mol. The third-order valence-electron chi connectivity index (χ3n) is 3.76. The number of amides is 1. The summed E-state index contributed by atoms with van der Waals surface area (Å²) in [4.78, 5) is 14.5. The lowest BCUT2D eigenvalue weighted by Gasteiger charge is -2.23. The van der Waals surface area contributed by atoms with E-state index in [1.165, 1.54) is 11.1 Å². The molecule has 0 saturated carbocycles. The Morgan fingerprint density at radius 2 is 2.33 bits per heavy atom. The van der Waals surface area contributed by atoms with E-state index < -0.39 is 0 Å². The summed E-state index contributed by atoms with van der Waals surface area (Å²) in [5.41, 5.74) is 4.47. The van der Waals surface area contributed by atoms with Crippen LogP contribution in [0.3, 0.4) is 0 Å². The summed E-state index contributed by atoms with van der Waals surface area (Å²) in [5.74, 6) is 0.107. The highest BCUT2D eigenvalue weighted by atomic mass is 79.9. The molecule has 1 aromatic heterocycles. The third-order valence-corrected chi connectivity index (χ3v) is 5.31. The molecule has 110 valence electrons. The predicted molar refractivity (Wildman–Crippen MR) is 89.7 cm³/mol. The van der Waals surface area contributed by atoms with Crippen molar-refractivity contribution in [3.8, 4) is 0 Å². The molecule has 2 heterocycles. The first kappa shape index (κ1) is 14.8. The molecular weight excluding hydrogens is 348 g/mol. The number of carbonyl (C=O) groups is 1. The summed E-state index contributed by atoms with van der Waals surface area (Å²) in [6.07, 6.45) is 0.926. The molecule has 0 unspecified atom stereocenters. The number of fused-ring (bicyclic) bond motifs is 1. The van der Waals surface area contributed by atoms with Crippen LogP contribution in [0.1, 0.15) is 27.0 Å². The molecule has 0 atom stereocenters. The first-order chi connectivity index (χ1) is 10.1. The van der Waals surface area contributed by atoms with Crippen molar-refractivity contribution in [1.29, 1.82) is 0 Å².